The Labute approximate surface area is 121 Å². The number of benzene rings is 1. The van der Waals surface area contributed by atoms with Gasteiger partial charge in [0.15, 0.2) is 0 Å². The molecule has 0 aliphatic heterocycles. The van der Waals surface area contributed by atoms with Crippen LogP contribution in [-0.4, -0.2) is 22.3 Å². The summed E-state index contributed by atoms with van der Waals surface area (Å²) in [5.41, 5.74) is 2.37. The van der Waals surface area contributed by atoms with Crippen LogP contribution in [0.5, 0.6) is 0 Å². The van der Waals surface area contributed by atoms with Gasteiger partial charge in [-0.15, -0.1) is 0 Å². The lowest BCUT2D eigenvalue weighted by atomic mass is 10.2. The van der Waals surface area contributed by atoms with Gasteiger partial charge in [-0.2, -0.15) is 0 Å². The summed E-state index contributed by atoms with van der Waals surface area (Å²) in [7, 11) is 0. The standard InChI is InChI=1S/C15H22NS2/c1-4-10-16(11-5-2)15(17)18-12-14-8-6-13(3)7-9-14/h6-9H,3-5,10-12H2,1-2H3. The van der Waals surface area contributed by atoms with Crippen molar-refractivity contribution in [2.24, 2.45) is 0 Å². The molecule has 0 saturated carbocycles. The summed E-state index contributed by atoms with van der Waals surface area (Å²) in [5, 5.41) is 0. The first kappa shape index (κ1) is 15.5. The van der Waals surface area contributed by atoms with Gasteiger partial charge in [-0.3, -0.25) is 0 Å². The van der Waals surface area contributed by atoms with E-state index in [1.165, 1.54) is 5.56 Å². The molecule has 0 saturated heterocycles. The van der Waals surface area contributed by atoms with Crippen LogP contribution >= 0.6 is 24.0 Å². The fraction of sp³-hybridized carbons (Fsp3) is 0.467. The Morgan fingerprint density at radius 1 is 1.17 bits per heavy atom. The van der Waals surface area contributed by atoms with Crippen LogP contribution in [0.2, 0.25) is 0 Å². The quantitative estimate of drug-likeness (QED) is 0.706. The zero-order chi connectivity index (χ0) is 13.4. The van der Waals surface area contributed by atoms with Gasteiger partial charge in [0, 0.05) is 18.8 Å². The molecule has 0 amide bonds. The first-order valence-electron chi connectivity index (χ1n) is 6.50. The number of thiocarbonyl (C=S) groups is 1. The molecule has 0 fully saturated rings. The molecule has 0 aliphatic rings. The molecule has 99 valence electrons. The lowest BCUT2D eigenvalue weighted by molar-refractivity contribution is 0.430. The molecular weight excluding hydrogens is 258 g/mol. The molecule has 0 bridgehead atoms. The van der Waals surface area contributed by atoms with Crippen molar-refractivity contribution in [2.75, 3.05) is 13.1 Å². The van der Waals surface area contributed by atoms with Crippen LogP contribution in [0.15, 0.2) is 24.3 Å². The fourth-order valence-electron chi connectivity index (χ4n) is 1.71. The summed E-state index contributed by atoms with van der Waals surface area (Å²) in [6, 6.07) is 8.35. The molecule has 1 nitrogen and oxygen atoms in total. The minimum absolute atomic E-state index is 0.947. The van der Waals surface area contributed by atoms with Crippen molar-refractivity contribution in [3.8, 4) is 0 Å². The third kappa shape index (κ3) is 5.40. The molecule has 0 N–H and O–H groups in total. The van der Waals surface area contributed by atoms with Crippen LogP contribution in [0.25, 0.3) is 0 Å². The van der Waals surface area contributed by atoms with E-state index < -0.39 is 0 Å². The normalized spacial score (nSPS) is 10.4. The number of rotatable bonds is 6. The van der Waals surface area contributed by atoms with Crippen molar-refractivity contribution in [3.63, 3.8) is 0 Å². The molecule has 0 unspecified atom stereocenters. The van der Waals surface area contributed by atoms with Crippen molar-refractivity contribution in [3.05, 3.63) is 42.3 Å². The highest BCUT2D eigenvalue weighted by Crippen LogP contribution is 2.17. The third-order valence-electron chi connectivity index (χ3n) is 2.63. The van der Waals surface area contributed by atoms with Gasteiger partial charge in [0.25, 0.3) is 0 Å². The van der Waals surface area contributed by atoms with E-state index in [-0.39, 0.29) is 0 Å². The predicted octanol–water partition coefficient (Wildman–Crippen LogP) is 4.51. The van der Waals surface area contributed by atoms with Crippen molar-refractivity contribution in [1.29, 1.82) is 0 Å². The highest BCUT2D eigenvalue weighted by molar-refractivity contribution is 8.22. The third-order valence-corrected chi connectivity index (χ3v) is 4.23. The number of thioether (sulfide) groups is 1. The minimum Gasteiger partial charge on any atom is -0.358 e. The molecule has 1 rings (SSSR count). The number of hydrogen-bond acceptors (Lipinski definition) is 2. The van der Waals surface area contributed by atoms with Crippen LogP contribution in [-0.2, 0) is 5.75 Å². The van der Waals surface area contributed by atoms with Gasteiger partial charge in [0.05, 0.1) is 0 Å². The molecule has 1 aromatic carbocycles. The van der Waals surface area contributed by atoms with E-state index in [2.05, 4.69) is 49.9 Å². The van der Waals surface area contributed by atoms with Crippen molar-refractivity contribution < 1.29 is 0 Å². The molecule has 18 heavy (non-hydrogen) atoms. The van der Waals surface area contributed by atoms with Crippen molar-refractivity contribution in [2.45, 2.75) is 32.4 Å². The fourth-order valence-corrected chi connectivity index (χ4v) is 2.91. The summed E-state index contributed by atoms with van der Waals surface area (Å²) in [4.78, 5) is 2.32. The Morgan fingerprint density at radius 2 is 1.72 bits per heavy atom. The van der Waals surface area contributed by atoms with Gasteiger partial charge in [-0.1, -0.05) is 62.1 Å². The average molecular weight is 280 g/mol. The Bertz CT molecular complexity index is 353. The first-order valence-corrected chi connectivity index (χ1v) is 7.89. The van der Waals surface area contributed by atoms with Crippen LogP contribution < -0.4 is 0 Å². The zero-order valence-electron chi connectivity index (χ0n) is 11.3. The number of nitrogens with zero attached hydrogens (tertiary/aromatic N) is 1. The molecule has 1 aromatic rings. The molecule has 0 aliphatic carbocycles. The maximum atomic E-state index is 5.51. The Hall–Kier alpha value is -0.540. The van der Waals surface area contributed by atoms with E-state index in [1.54, 1.807) is 11.8 Å². The molecular formula is C15H22NS2. The monoisotopic (exact) mass is 280 g/mol. The van der Waals surface area contributed by atoms with E-state index in [1.807, 2.05) is 0 Å². The van der Waals surface area contributed by atoms with Crippen LogP contribution in [0.1, 0.15) is 37.8 Å². The topological polar surface area (TPSA) is 3.24 Å². The molecule has 0 spiro atoms. The van der Waals surface area contributed by atoms with Crippen molar-refractivity contribution in [1.82, 2.24) is 4.90 Å². The predicted molar refractivity (Wildman–Crippen MR) is 86.9 cm³/mol. The van der Waals surface area contributed by atoms with Gasteiger partial charge < -0.3 is 4.90 Å². The average Bonchev–Trinajstić information content (AvgIpc) is 2.37. The minimum atomic E-state index is 0.947. The van der Waals surface area contributed by atoms with E-state index in [4.69, 9.17) is 12.2 Å². The van der Waals surface area contributed by atoms with Gasteiger partial charge in [0.2, 0.25) is 0 Å². The summed E-state index contributed by atoms with van der Waals surface area (Å²) in [6.07, 6.45) is 2.30. The summed E-state index contributed by atoms with van der Waals surface area (Å²) in [6.45, 7) is 10.4. The largest absolute Gasteiger partial charge is 0.358 e. The summed E-state index contributed by atoms with van der Waals surface area (Å²) in [5.74, 6) is 0.947. The molecule has 1 radical (unpaired) electrons. The molecule has 0 heterocycles. The van der Waals surface area contributed by atoms with Crippen LogP contribution in [0.3, 0.4) is 0 Å². The molecule has 3 heteroatoms. The molecule has 0 aromatic heterocycles. The van der Waals surface area contributed by atoms with E-state index in [0.717, 1.165) is 41.6 Å². The van der Waals surface area contributed by atoms with Gasteiger partial charge in [-0.25, -0.2) is 0 Å². The maximum Gasteiger partial charge on any atom is 0.136 e. The second-order valence-corrected chi connectivity index (χ2v) is 5.97. The van der Waals surface area contributed by atoms with Crippen LogP contribution in [0.4, 0.5) is 0 Å². The highest BCUT2D eigenvalue weighted by Gasteiger charge is 2.08. The second kappa shape index (κ2) is 8.54. The van der Waals surface area contributed by atoms with Gasteiger partial charge >= 0.3 is 0 Å². The Balaban J connectivity index is 2.45. The van der Waals surface area contributed by atoms with Crippen LogP contribution in [0, 0.1) is 6.92 Å². The van der Waals surface area contributed by atoms with E-state index in [0.29, 0.717) is 0 Å². The lowest BCUT2D eigenvalue weighted by Gasteiger charge is -2.23. The smallest absolute Gasteiger partial charge is 0.136 e. The first-order chi connectivity index (χ1) is 8.67. The Morgan fingerprint density at radius 3 is 2.22 bits per heavy atom. The summed E-state index contributed by atoms with van der Waals surface area (Å²) >= 11 is 7.27. The molecule has 0 atom stereocenters. The lowest BCUT2D eigenvalue weighted by Crippen LogP contribution is -2.29. The Kier molecular flexibility index (Phi) is 7.36. The number of hydrogen-bond donors (Lipinski definition) is 0. The SMILES string of the molecule is [CH2]c1ccc(CSC(=S)N(CCC)CCC)cc1. The zero-order valence-corrected chi connectivity index (χ0v) is 12.9. The van der Waals surface area contributed by atoms with E-state index >= 15 is 0 Å². The van der Waals surface area contributed by atoms with Gasteiger partial charge in [0.1, 0.15) is 4.32 Å². The second-order valence-electron chi connectivity index (χ2n) is 4.36. The van der Waals surface area contributed by atoms with Gasteiger partial charge in [-0.05, 0) is 30.9 Å². The highest BCUT2D eigenvalue weighted by atomic mass is 32.2. The van der Waals surface area contributed by atoms with E-state index in [9.17, 15) is 0 Å². The maximum absolute atomic E-state index is 5.51. The summed E-state index contributed by atoms with van der Waals surface area (Å²) < 4.78 is 1.03. The van der Waals surface area contributed by atoms with Crippen molar-refractivity contribution >= 4 is 28.3 Å².